The molecule has 0 aliphatic rings. The average Bonchev–Trinajstić information content (AvgIpc) is 2.51. The lowest BCUT2D eigenvalue weighted by molar-refractivity contribution is -0.382. The summed E-state index contributed by atoms with van der Waals surface area (Å²) >= 11 is 0. The van der Waals surface area contributed by atoms with E-state index in [-0.39, 0.29) is 9.87 Å². The van der Waals surface area contributed by atoms with Crippen LogP contribution in [0.1, 0.15) is 5.56 Å². The molecule has 0 aromatic heterocycles. The van der Waals surface area contributed by atoms with Crippen molar-refractivity contribution in [3.63, 3.8) is 0 Å². The smallest absolute Gasteiger partial charge is 0.380 e. The number of hydrogen-bond donors (Lipinski definition) is 1. The minimum absolute atomic E-state index is 0.0617. The molecule has 3 nitrogen and oxygen atoms in total. The number of benzene rings is 1. The van der Waals surface area contributed by atoms with E-state index in [1.54, 1.807) is 0 Å². The molecule has 0 aliphatic heterocycles. The molecular weight excluding hydrogens is 393 g/mol. The van der Waals surface area contributed by atoms with Crippen LogP contribution in [-0.4, -0.2) is 43.6 Å². The lowest BCUT2D eigenvalue weighted by atomic mass is 10.1. The standard InChI is InChI=1S/C12H10F9NO2S/c13-9(14,11(17,18)19)10(15,16)12(20,21)25(24)22(7-23)6-8-4-2-1-3-5-8/h1-5,23H,6-7H2. The normalized spacial score (nSPS) is 15.5. The van der Waals surface area contributed by atoms with Gasteiger partial charge in [0.2, 0.25) is 0 Å². The largest absolute Gasteiger partial charge is 0.460 e. The molecule has 0 amide bonds. The van der Waals surface area contributed by atoms with Crippen LogP contribution >= 0.6 is 0 Å². The van der Waals surface area contributed by atoms with Crippen LogP contribution in [0.5, 0.6) is 0 Å². The van der Waals surface area contributed by atoms with Crippen LogP contribution in [-0.2, 0) is 17.5 Å². The molecule has 1 atom stereocenters. The lowest BCUT2D eigenvalue weighted by Gasteiger charge is -2.34. The highest BCUT2D eigenvalue weighted by Crippen LogP contribution is 2.54. The molecule has 1 aromatic carbocycles. The first kappa shape index (κ1) is 21.7. The Labute approximate surface area is 137 Å². The van der Waals surface area contributed by atoms with Crippen LogP contribution in [0, 0.1) is 0 Å². The van der Waals surface area contributed by atoms with E-state index in [0.29, 0.717) is 0 Å². The van der Waals surface area contributed by atoms with Crippen LogP contribution < -0.4 is 0 Å². The van der Waals surface area contributed by atoms with E-state index in [4.69, 9.17) is 5.11 Å². The van der Waals surface area contributed by atoms with E-state index in [0.717, 1.165) is 0 Å². The summed E-state index contributed by atoms with van der Waals surface area (Å²) in [5.74, 6) is -14.2. The van der Waals surface area contributed by atoms with Crippen molar-refractivity contribution in [3.8, 4) is 0 Å². The molecular formula is C12H10F9NO2S. The quantitative estimate of drug-likeness (QED) is 0.559. The highest BCUT2D eigenvalue weighted by molar-refractivity contribution is 7.83. The molecule has 0 radical (unpaired) electrons. The maximum absolute atomic E-state index is 13.6. The van der Waals surface area contributed by atoms with Gasteiger partial charge >= 0.3 is 23.3 Å². The topological polar surface area (TPSA) is 40.5 Å². The third kappa shape index (κ3) is 3.92. The molecule has 0 heterocycles. The molecule has 25 heavy (non-hydrogen) atoms. The number of rotatable bonds is 7. The molecule has 0 spiro atoms. The monoisotopic (exact) mass is 403 g/mol. The molecule has 0 saturated heterocycles. The minimum Gasteiger partial charge on any atom is -0.380 e. The fraction of sp³-hybridized carbons (Fsp3) is 0.500. The molecule has 144 valence electrons. The van der Waals surface area contributed by atoms with Crippen LogP contribution in [0.4, 0.5) is 39.5 Å². The van der Waals surface area contributed by atoms with Gasteiger partial charge < -0.3 is 5.11 Å². The maximum atomic E-state index is 13.6. The van der Waals surface area contributed by atoms with Gasteiger partial charge in [-0.3, -0.25) is 0 Å². The lowest BCUT2D eigenvalue weighted by Crippen LogP contribution is -2.63. The van der Waals surface area contributed by atoms with Crippen molar-refractivity contribution in [1.29, 1.82) is 0 Å². The van der Waals surface area contributed by atoms with Gasteiger partial charge in [-0.25, -0.2) is 4.21 Å². The third-order valence-corrected chi connectivity index (χ3v) is 4.34. The highest BCUT2D eigenvalue weighted by Gasteiger charge is 2.84. The Balaban J connectivity index is 3.19. The SMILES string of the molecule is O=S(N(CO)Cc1ccccc1)C(F)(F)C(F)(F)C(F)(F)C(F)(F)F. The van der Waals surface area contributed by atoms with Gasteiger partial charge in [0, 0.05) is 6.54 Å². The molecule has 0 bridgehead atoms. The van der Waals surface area contributed by atoms with Crippen LogP contribution in [0.25, 0.3) is 0 Å². The highest BCUT2D eigenvalue weighted by atomic mass is 32.2. The predicted molar refractivity (Wildman–Crippen MR) is 68.1 cm³/mol. The van der Waals surface area contributed by atoms with E-state index in [1.165, 1.54) is 30.3 Å². The van der Waals surface area contributed by atoms with Gasteiger partial charge in [-0.1, -0.05) is 30.3 Å². The Morgan fingerprint density at radius 2 is 1.36 bits per heavy atom. The van der Waals surface area contributed by atoms with Crippen molar-refractivity contribution < 1.29 is 48.8 Å². The molecule has 1 aromatic rings. The molecule has 0 fully saturated rings. The van der Waals surface area contributed by atoms with Crippen LogP contribution in [0.3, 0.4) is 0 Å². The molecule has 1 rings (SSSR count). The van der Waals surface area contributed by atoms with Crippen molar-refractivity contribution in [2.24, 2.45) is 0 Å². The summed E-state index contributed by atoms with van der Waals surface area (Å²) < 4.78 is 127. The average molecular weight is 403 g/mol. The fourth-order valence-corrected chi connectivity index (χ4v) is 2.62. The number of aliphatic hydroxyl groups is 1. The first-order chi connectivity index (χ1) is 11.2. The van der Waals surface area contributed by atoms with Gasteiger partial charge in [0.1, 0.15) is 6.73 Å². The number of halogens is 9. The molecule has 1 N–H and O–H groups in total. The summed E-state index contributed by atoms with van der Waals surface area (Å²) in [5.41, 5.74) is 0.0617. The Bertz CT molecular complexity index is 606. The second kappa shape index (κ2) is 7.11. The maximum Gasteiger partial charge on any atom is 0.460 e. The van der Waals surface area contributed by atoms with Gasteiger partial charge in [0.25, 0.3) is 0 Å². The summed E-state index contributed by atoms with van der Waals surface area (Å²) in [5, 5.41) is 2.58. The molecule has 1 unspecified atom stereocenters. The van der Waals surface area contributed by atoms with Crippen molar-refractivity contribution in [2.75, 3.05) is 6.73 Å². The number of hydrogen-bond acceptors (Lipinski definition) is 2. The van der Waals surface area contributed by atoms with Crippen LogP contribution in [0.2, 0.25) is 0 Å². The van der Waals surface area contributed by atoms with E-state index >= 15 is 0 Å². The number of nitrogens with zero attached hydrogens (tertiary/aromatic N) is 1. The number of aliphatic hydroxyl groups excluding tert-OH is 1. The summed E-state index contributed by atoms with van der Waals surface area (Å²) in [6.45, 7) is -2.43. The van der Waals surface area contributed by atoms with E-state index < -0.39 is 47.5 Å². The van der Waals surface area contributed by atoms with Crippen molar-refractivity contribution in [1.82, 2.24) is 4.31 Å². The fourth-order valence-electron chi connectivity index (χ4n) is 1.58. The van der Waals surface area contributed by atoms with Crippen LogP contribution in [0.15, 0.2) is 30.3 Å². The second-order valence-electron chi connectivity index (χ2n) is 4.68. The van der Waals surface area contributed by atoms with Gasteiger partial charge in [0.05, 0.1) is 0 Å². The van der Waals surface area contributed by atoms with Gasteiger partial charge in [0.15, 0.2) is 11.0 Å². The summed E-state index contributed by atoms with van der Waals surface area (Å²) in [4.78, 5) is 0. The molecule has 0 aliphatic carbocycles. The number of alkyl halides is 9. The van der Waals surface area contributed by atoms with Crippen molar-refractivity contribution >= 4 is 11.0 Å². The van der Waals surface area contributed by atoms with E-state index in [1.807, 2.05) is 0 Å². The predicted octanol–water partition coefficient (Wildman–Crippen LogP) is 3.53. The van der Waals surface area contributed by atoms with E-state index in [9.17, 15) is 43.7 Å². The van der Waals surface area contributed by atoms with Crippen molar-refractivity contribution in [2.45, 2.75) is 29.8 Å². The zero-order chi connectivity index (χ0) is 19.7. The summed E-state index contributed by atoms with van der Waals surface area (Å²) in [6, 6.07) is 6.66. The van der Waals surface area contributed by atoms with Gasteiger partial charge in [-0.15, -0.1) is 0 Å². The third-order valence-electron chi connectivity index (χ3n) is 2.93. The second-order valence-corrected chi connectivity index (χ2v) is 6.21. The Hall–Kier alpha value is -1.34. The minimum atomic E-state index is -7.15. The van der Waals surface area contributed by atoms with Gasteiger partial charge in [-0.05, 0) is 5.56 Å². The summed E-state index contributed by atoms with van der Waals surface area (Å²) in [6.07, 6.45) is -7.01. The van der Waals surface area contributed by atoms with Gasteiger partial charge in [-0.2, -0.15) is 43.8 Å². The first-order valence-corrected chi connectivity index (χ1v) is 7.32. The molecule has 0 saturated carbocycles. The Morgan fingerprint density at radius 3 is 1.76 bits per heavy atom. The first-order valence-electron chi connectivity index (χ1n) is 6.22. The Kier molecular flexibility index (Phi) is 6.17. The van der Waals surface area contributed by atoms with E-state index in [2.05, 4.69) is 0 Å². The zero-order valence-corrected chi connectivity index (χ0v) is 12.7. The van der Waals surface area contributed by atoms with Crippen molar-refractivity contribution in [3.05, 3.63) is 35.9 Å². The summed E-state index contributed by atoms with van der Waals surface area (Å²) in [7, 11) is -4.40. The zero-order valence-electron chi connectivity index (χ0n) is 11.9. The Morgan fingerprint density at radius 1 is 0.880 bits per heavy atom. The molecule has 13 heteroatoms.